The number of hydrogen-bond donors (Lipinski definition) is 1. The fraction of sp³-hybridized carbons (Fsp3) is 0.400. The van der Waals surface area contributed by atoms with Crippen LogP contribution in [-0.2, 0) is 13.0 Å². The van der Waals surface area contributed by atoms with E-state index in [-0.39, 0.29) is 27.9 Å². The van der Waals surface area contributed by atoms with E-state index in [0.29, 0.717) is 25.2 Å². The van der Waals surface area contributed by atoms with Crippen LogP contribution in [0, 0.1) is 5.41 Å². The molecule has 0 aliphatic heterocycles. The number of amides is 1. The number of rotatable bonds is 8. The number of nitrogens with zero attached hydrogens (tertiary/aromatic N) is 4. The van der Waals surface area contributed by atoms with Crippen LogP contribution in [0.4, 0.5) is 0 Å². The maximum atomic E-state index is 13.3. The molecule has 1 amide bonds. The first kappa shape index (κ1) is 23.8. The molecule has 0 saturated heterocycles. The number of aromatic nitrogens is 3. The number of phenolic OH excluding ortho intramolecular Hbond substituents is 1. The predicted octanol–water partition coefficient (Wildman–Crippen LogP) is 5.66. The van der Waals surface area contributed by atoms with Crippen molar-refractivity contribution in [2.75, 3.05) is 6.54 Å². The largest absolute Gasteiger partial charge is 0.506 e. The molecule has 0 bridgehead atoms. The van der Waals surface area contributed by atoms with Crippen LogP contribution in [0.2, 0.25) is 5.02 Å². The highest BCUT2D eigenvalue weighted by atomic mass is 35.5. The van der Waals surface area contributed by atoms with Gasteiger partial charge in [-0.05, 0) is 41.5 Å². The Morgan fingerprint density at radius 1 is 1.19 bits per heavy atom. The van der Waals surface area contributed by atoms with Crippen molar-refractivity contribution in [2.45, 2.75) is 53.5 Å². The highest BCUT2D eigenvalue weighted by Gasteiger charge is 2.23. The molecule has 3 rings (SSSR count). The van der Waals surface area contributed by atoms with Gasteiger partial charge in [-0.2, -0.15) is 0 Å². The van der Waals surface area contributed by atoms with Crippen molar-refractivity contribution < 1.29 is 9.90 Å². The number of halogens is 1. The summed E-state index contributed by atoms with van der Waals surface area (Å²) in [6.45, 7) is 9.62. The Kier molecular flexibility index (Phi) is 7.56. The molecule has 3 aromatic rings. The summed E-state index contributed by atoms with van der Waals surface area (Å²) >= 11 is 6.21. The fourth-order valence-electron chi connectivity index (χ4n) is 3.39. The van der Waals surface area contributed by atoms with Crippen LogP contribution in [0.5, 0.6) is 5.75 Å². The van der Waals surface area contributed by atoms with Crippen molar-refractivity contribution >= 4 is 17.5 Å². The fourth-order valence-corrected chi connectivity index (χ4v) is 3.62. The third-order valence-corrected chi connectivity index (χ3v) is 5.52. The van der Waals surface area contributed by atoms with E-state index in [0.717, 1.165) is 24.0 Å². The number of aromatic hydroxyl groups is 1. The molecule has 6 nitrogen and oxygen atoms in total. The molecule has 0 aliphatic rings. The molecule has 7 heteroatoms. The number of carbonyl (C=O) groups is 1. The van der Waals surface area contributed by atoms with E-state index in [4.69, 9.17) is 11.6 Å². The van der Waals surface area contributed by atoms with E-state index < -0.39 is 0 Å². The molecule has 0 aliphatic carbocycles. The average Bonchev–Trinajstić information content (AvgIpc) is 3.24. The molecule has 0 spiro atoms. The van der Waals surface area contributed by atoms with Crippen LogP contribution < -0.4 is 0 Å². The Labute approximate surface area is 194 Å². The normalized spacial score (nSPS) is 11.5. The topological polar surface area (TPSA) is 71.2 Å². The Balaban J connectivity index is 1.86. The van der Waals surface area contributed by atoms with Crippen LogP contribution in [0.3, 0.4) is 0 Å². The van der Waals surface area contributed by atoms with Crippen molar-refractivity contribution in [3.8, 4) is 11.4 Å². The van der Waals surface area contributed by atoms with Crippen LogP contribution >= 0.6 is 11.6 Å². The van der Waals surface area contributed by atoms with Gasteiger partial charge in [0.1, 0.15) is 12.1 Å². The van der Waals surface area contributed by atoms with E-state index in [9.17, 15) is 9.90 Å². The van der Waals surface area contributed by atoms with E-state index in [2.05, 4.69) is 30.9 Å². The maximum Gasteiger partial charge on any atom is 0.293 e. The highest BCUT2D eigenvalue weighted by Crippen LogP contribution is 2.31. The van der Waals surface area contributed by atoms with Crippen LogP contribution in [-0.4, -0.2) is 37.2 Å². The van der Waals surface area contributed by atoms with Gasteiger partial charge in [0.25, 0.3) is 5.91 Å². The predicted molar refractivity (Wildman–Crippen MR) is 127 cm³/mol. The van der Waals surface area contributed by atoms with Gasteiger partial charge >= 0.3 is 0 Å². The summed E-state index contributed by atoms with van der Waals surface area (Å²) in [7, 11) is 0. The second kappa shape index (κ2) is 10.2. The molecule has 0 atom stereocenters. The third kappa shape index (κ3) is 6.10. The summed E-state index contributed by atoms with van der Waals surface area (Å²) in [5.74, 6) is 0.0106. The Hall–Kier alpha value is -2.86. The smallest absolute Gasteiger partial charge is 0.293 e. The highest BCUT2D eigenvalue weighted by molar-refractivity contribution is 6.32. The van der Waals surface area contributed by atoms with Gasteiger partial charge in [0.05, 0.1) is 10.7 Å². The minimum absolute atomic E-state index is 0.0879. The third-order valence-electron chi connectivity index (χ3n) is 5.23. The van der Waals surface area contributed by atoms with Crippen LogP contribution in [0.25, 0.3) is 5.69 Å². The molecule has 1 N–H and O–H groups in total. The zero-order valence-electron chi connectivity index (χ0n) is 19.2. The molecule has 0 radical (unpaired) electrons. The SMILES string of the molecule is CCCc1cc(-n2cnc(C(=O)N(CCC(C)(C)C)Cc3ccccc3)n2)cc(Cl)c1O. The summed E-state index contributed by atoms with van der Waals surface area (Å²) in [6, 6.07) is 13.4. The number of benzene rings is 2. The zero-order chi connectivity index (χ0) is 23.3. The second-order valence-corrected chi connectivity index (χ2v) is 9.63. The lowest BCUT2D eigenvalue weighted by atomic mass is 9.92. The molecule has 0 unspecified atom stereocenters. The van der Waals surface area contributed by atoms with E-state index in [1.165, 1.54) is 11.0 Å². The van der Waals surface area contributed by atoms with Gasteiger partial charge in [0, 0.05) is 13.1 Å². The summed E-state index contributed by atoms with van der Waals surface area (Å²) in [5, 5.41) is 14.9. The molecule has 1 aromatic heterocycles. The van der Waals surface area contributed by atoms with Gasteiger partial charge in [-0.25, -0.2) is 9.67 Å². The lowest BCUT2D eigenvalue weighted by Crippen LogP contribution is -2.34. The van der Waals surface area contributed by atoms with Crippen molar-refractivity contribution in [3.63, 3.8) is 0 Å². The Morgan fingerprint density at radius 3 is 2.56 bits per heavy atom. The molecular weight excluding hydrogens is 424 g/mol. The summed E-state index contributed by atoms with van der Waals surface area (Å²) in [5.41, 5.74) is 2.56. The van der Waals surface area contributed by atoms with Crippen molar-refractivity contribution in [1.82, 2.24) is 19.7 Å². The lowest BCUT2D eigenvalue weighted by Gasteiger charge is -2.26. The number of carbonyl (C=O) groups excluding carboxylic acids is 1. The summed E-state index contributed by atoms with van der Waals surface area (Å²) in [4.78, 5) is 19.4. The summed E-state index contributed by atoms with van der Waals surface area (Å²) in [6.07, 6.45) is 3.94. The van der Waals surface area contributed by atoms with Gasteiger partial charge in [0.2, 0.25) is 5.82 Å². The molecule has 0 saturated carbocycles. The second-order valence-electron chi connectivity index (χ2n) is 9.22. The summed E-state index contributed by atoms with van der Waals surface area (Å²) < 4.78 is 1.53. The first-order valence-corrected chi connectivity index (χ1v) is 11.3. The quantitative estimate of drug-likeness (QED) is 0.476. The minimum atomic E-state index is -0.212. The Bertz CT molecular complexity index is 1060. The van der Waals surface area contributed by atoms with E-state index in [1.807, 2.05) is 43.3 Å². The van der Waals surface area contributed by atoms with Gasteiger partial charge in [0.15, 0.2) is 0 Å². The molecule has 0 fully saturated rings. The number of hydrogen-bond acceptors (Lipinski definition) is 4. The van der Waals surface area contributed by atoms with Crippen molar-refractivity contribution in [2.24, 2.45) is 5.41 Å². The molecular formula is C25H31ClN4O2. The molecule has 170 valence electrons. The first-order chi connectivity index (χ1) is 15.2. The average molecular weight is 455 g/mol. The van der Waals surface area contributed by atoms with Gasteiger partial charge in [-0.3, -0.25) is 4.79 Å². The first-order valence-electron chi connectivity index (χ1n) is 10.9. The van der Waals surface area contributed by atoms with E-state index >= 15 is 0 Å². The standard InChI is InChI=1S/C25H31ClN4O2/c1-5-9-19-14-20(15-21(26)22(19)31)30-17-27-23(28-30)24(32)29(13-12-25(2,3)4)16-18-10-7-6-8-11-18/h6-8,10-11,14-15,17,31H,5,9,12-13,16H2,1-4H3. The number of aryl methyl sites for hydroxylation is 1. The lowest BCUT2D eigenvalue weighted by molar-refractivity contribution is 0.0712. The zero-order valence-corrected chi connectivity index (χ0v) is 19.9. The van der Waals surface area contributed by atoms with Crippen LogP contribution in [0.1, 0.15) is 62.3 Å². The monoisotopic (exact) mass is 454 g/mol. The van der Waals surface area contributed by atoms with Crippen molar-refractivity contribution in [3.05, 3.63) is 70.8 Å². The maximum absolute atomic E-state index is 13.3. The van der Waals surface area contributed by atoms with Gasteiger partial charge < -0.3 is 10.0 Å². The molecule has 32 heavy (non-hydrogen) atoms. The number of phenols is 1. The minimum Gasteiger partial charge on any atom is -0.506 e. The van der Waals surface area contributed by atoms with Crippen LogP contribution in [0.15, 0.2) is 48.8 Å². The van der Waals surface area contributed by atoms with Gasteiger partial charge in [-0.1, -0.05) is 76.0 Å². The van der Waals surface area contributed by atoms with E-state index in [1.54, 1.807) is 11.0 Å². The van der Waals surface area contributed by atoms with Gasteiger partial charge in [-0.15, -0.1) is 5.10 Å². The molecule has 1 heterocycles. The van der Waals surface area contributed by atoms with Crippen molar-refractivity contribution in [1.29, 1.82) is 0 Å². The molecule has 2 aromatic carbocycles. The Morgan fingerprint density at radius 2 is 1.91 bits per heavy atom.